The minimum Gasteiger partial charge on any atom is -0.398 e. The molecule has 3 aromatic heterocycles. The van der Waals surface area contributed by atoms with Crippen LogP contribution in [0.3, 0.4) is 0 Å². The van der Waals surface area contributed by atoms with Gasteiger partial charge in [-0.3, -0.25) is 4.79 Å². The van der Waals surface area contributed by atoms with Gasteiger partial charge in [0, 0.05) is 28.5 Å². The van der Waals surface area contributed by atoms with Gasteiger partial charge < -0.3 is 16.0 Å². The number of alkyl halides is 1. The number of benzene rings is 1. The molecule has 1 amide bonds. The Morgan fingerprint density at radius 2 is 2.11 bits per heavy atom. The summed E-state index contributed by atoms with van der Waals surface area (Å²) in [6.45, 7) is 1.92. The van der Waals surface area contributed by atoms with E-state index in [-0.39, 0.29) is 12.3 Å². The van der Waals surface area contributed by atoms with Crippen LogP contribution in [0.2, 0.25) is 0 Å². The summed E-state index contributed by atoms with van der Waals surface area (Å²) in [4.78, 5) is 28.0. The van der Waals surface area contributed by atoms with Gasteiger partial charge in [0.15, 0.2) is 5.65 Å². The number of aromatic amines is 1. The summed E-state index contributed by atoms with van der Waals surface area (Å²) in [7, 11) is 0. The molecule has 0 unspecified atom stereocenters. The van der Waals surface area contributed by atoms with E-state index in [1.54, 1.807) is 18.6 Å². The topological polar surface area (TPSA) is 110 Å². The van der Waals surface area contributed by atoms with Gasteiger partial charge in [-0.05, 0) is 48.6 Å². The number of rotatable bonds is 3. The molecule has 8 heteroatoms. The maximum absolute atomic E-state index is 13.1. The molecule has 0 spiro atoms. The number of nitrogens with one attached hydrogen (secondary N) is 2. The number of pyridine rings is 2. The van der Waals surface area contributed by atoms with Crippen molar-refractivity contribution in [3.8, 4) is 11.1 Å². The maximum Gasteiger partial charge on any atom is 0.231 e. The number of carbonyl (C=O) groups is 1. The molecule has 5 rings (SSSR count). The number of nitrogens with two attached hydrogens (primary N) is 1. The number of nitrogen functional groups attached to an aromatic ring is 1. The maximum atomic E-state index is 13.1. The zero-order chi connectivity index (χ0) is 19.4. The number of H-pyrrole nitrogens is 1. The van der Waals surface area contributed by atoms with Crippen molar-refractivity contribution >= 4 is 39.3 Å². The number of imidazole rings is 1. The van der Waals surface area contributed by atoms with Crippen LogP contribution in [0, 0.1) is 12.8 Å². The van der Waals surface area contributed by atoms with E-state index in [2.05, 4.69) is 25.3 Å². The van der Waals surface area contributed by atoms with Crippen molar-refractivity contribution in [1.29, 1.82) is 0 Å². The van der Waals surface area contributed by atoms with Crippen LogP contribution in [0.5, 0.6) is 0 Å². The molecule has 1 saturated carbocycles. The van der Waals surface area contributed by atoms with Crippen LogP contribution in [0.15, 0.2) is 36.8 Å². The Morgan fingerprint density at radius 3 is 2.89 bits per heavy atom. The fraction of sp³-hybridized carbons (Fsp3) is 0.200. The quantitative estimate of drug-likeness (QED) is 0.475. The first-order valence-electron chi connectivity index (χ1n) is 8.95. The first-order chi connectivity index (χ1) is 13.5. The Hall–Kier alpha value is -3.55. The van der Waals surface area contributed by atoms with Crippen LogP contribution >= 0.6 is 0 Å². The smallest absolute Gasteiger partial charge is 0.231 e. The Bertz CT molecular complexity index is 1250. The molecule has 1 fully saturated rings. The van der Waals surface area contributed by atoms with Crippen molar-refractivity contribution in [1.82, 2.24) is 19.9 Å². The fourth-order valence-corrected chi connectivity index (χ4v) is 3.42. The Labute approximate surface area is 159 Å². The fourth-order valence-electron chi connectivity index (χ4n) is 3.42. The van der Waals surface area contributed by atoms with Gasteiger partial charge in [0.2, 0.25) is 5.91 Å². The summed E-state index contributed by atoms with van der Waals surface area (Å²) in [5.74, 6) is -0.524. The average molecular weight is 376 g/mol. The van der Waals surface area contributed by atoms with E-state index in [1.807, 2.05) is 25.1 Å². The third kappa shape index (κ3) is 2.74. The second-order valence-electron chi connectivity index (χ2n) is 7.10. The zero-order valence-corrected chi connectivity index (χ0v) is 15.0. The summed E-state index contributed by atoms with van der Waals surface area (Å²) in [6.07, 6.45) is 2.46. The van der Waals surface area contributed by atoms with Gasteiger partial charge >= 0.3 is 0 Å². The normalized spacial score (nSPS) is 18.5. The third-order valence-electron chi connectivity index (χ3n) is 5.08. The van der Waals surface area contributed by atoms with Crippen molar-refractivity contribution in [2.75, 3.05) is 11.1 Å². The molecule has 1 aliphatic carbocycles. The van der Waals surface area contributed by atoms with Crippen molar-refractivity contribution in [3.63, 3.8) is 0 Å². The molecular weight excluding hydrogens is 359 g/mol. The van der Waals surface area contributed by atoms with Crippen LogP contribution in [0.25, 0.3) is 33.1 Å². The minimum atomic E-state index is -1.05. The van der Waals surface area contributed by atoms with Crippen LogP contribution < -0.4 is 11.1 Å². The van der Waals surface area contributed by atoms with Crippen molar-refractivity contribution in [2.24, 2.45) is 5.92 Å². The molecule has 7 nitrogen and oxygen atoms in total. The van der Waals surface area contributed by atoms with Gasteiger partial charge in [0.1, 0.15) is 12.0 Å². The number of hydrogen-bond acceptors (Lipinski definition) is 5. The Morgan fingerprint density at radius 1 is 1.29 bits per heavy atom. The molecule has 0 aliphatic heterocycles. The summed E-state index contributed by atoms with van der Waals surface area (Å²) in [5, 5.41) is 4.29. The molecule has 4 N–H and O–H groups in total. The number of amides is 1. The van der Waals surface area contributed by atoms with Crippen molar-refractivity contribution in [3.05, 3.63) is 42.5 Å². The number of aromatic nitrogens is 4. The van der Waals surface area contributed by atoms with Crippen LogP contribution in [0.4, 0.5) is 15.9 Å². The second kappa shape index (κ2) is 5.98. The standard InChI is InChI=1S/C20H17FN6O/c1-9-12(6-17-19(26-9)25-8-24-17)10-2-11-4-18(23-7-14(11)16(22)3-10)27-20(28)13-5-15(13)21/h2-4,6-8,13,15H,5,22H2,1H3,(H,23,27,28)(H,24,25,26)/t13-,15+/m1/s1. The summed E-state index contributed by atoms with van der Waals surface area (Å²) in [5.41, 5.74) is 11.0. The summed E-state index contributed by atoms with van der Waals surface area (Å²) >= 11 is 0. The number of aryl methyl sites for hydroxylation is 1. The summed E-state index contributed by atoms with van der Waals surface area (Å²) in [6, 6.07) is 7.60. The first-order valence-corrected chi connectivity index (χ1v) is 8.95. The molecule has 3 heterocycles. The molecule has 140 valence electrons. The number of carbonyl (C=O) groups excluding carboxylic acids is 1. The van der Waals surface area contributed by atoms with Gasteiger partial charge in [-0.1, -0.05) is 0 Å². The van der Waals surface area contributed by atoms with Gasteiger partial charge in [-0.2, -0.15) is 0 Å². The van der Waals surface area contributed by atoms with E-state index in [0.717, 1.165) is 33.1 Å². The van der Waals surface area contributed by atoms with E-state index in [4.69, 9.17) is 5.73 Å². The molecule has 0 saturated heterocycles. The van der Waals surface area contributed by atoms with E-state index in [9.17, 15) is 9.18 Å². The monoisotopic (exact) mass is 376 g/mol. The molecule has 2 atom stereocenters. The van der Waals surface area contributed by atoms with E-state index in [1.165, 1.54) is 0 Å². The van der Waals surface area contributed by atoms with Crippen molar-refractivity contribution in [2.45, 2.75) is 19.5 Å². The summed E-state index contributed by atoms with van der Waals surface area (Å²) < 4.78 is 13.1. The highest BCUT2D eigenvalue weighted by atomic mass is 19.1. The Kier molecular flexibility index (Phi) is 3.55. The zero-order valence-electron chi connectivity index (χ0n) is 15.0. The lowest BCUT2D eigenvalue weighted by molar-refractivity contribution is -0.117. The lowest BCUT2D eigenvalue weighted by Gasteiger charge is -2.11. The van der Waals surface area contributed by atoms with E-state index < -0.39 is 12.1 Å². The first kappa shape index (κ1) is 16.6. The minimum absolute atomic E-state index is 0.277. The SMILES string of the molecule is Cc1nc2nc[nH]c2cc1-c1cc(N)c2cnc(NC(=O)[C@@H]3C[C@@H]3F)cc2c1. The van der Waals surface area contributed by atoms with Crippen LogP contribution in [-0.2, 0) is 4.79 Å². The number of anilines is 2. The number of hydrogen-bond donors (Lipinski definition) is 3. The molecule has 0 bridgehead atoms. The highest BCUT2D eigenvalue weighted by Crippen LogP contribution is 2.35. The third-order valence-corrected chi connectivity index (χ3v) is 5.08. The Balaban J connectivity index is 1.57. The average Bonchev–Trinajstić information content (AvgIpc) is 3.22. The van der Waals surface area contributed by atoms with Gasteiger partial charge in [0.05, 0.1) is 17.8 Å². The van der Waals surface area contributed by atoms with E-state index in [0.29, 0.717) is 17.2 Å². The highest BCUT2D eigenvalue weighted by Gasteiger charge is 2.43. The lowest BCUT2D eigenvalue weighted by atomic mass is 9.99. The highest BCUT2D eigenvalue weighted by molar-refractivity contribution is 6.00. The second-order valence-corrected chi connectivity index (χ2v) is 7.10. The predicted molar refractivity (Wildman–Crippen MR) is 105 cm³/mol. The van der Waals surface area contributed by atoms with Gasteiger partial charge in [-0.15, -0.1) is 0 Å². The molecular formula is C20H17FN6O. The molecule has 28 heavy (non-hydrogen) atoms. The van der Waals surface area contributed by atoms with Crippen LogP contribution in [-0.4, -0.2) is 32.0 Å². The molecule has 4 aromatic rings. The lowest BCUT2D eigenvalue weighted by Crippen LogP contribution is -2.15. The predicted octanol–water partition coefficient (Wildman–Crippen LogP) is 3.36. The van der Waals surface area contributed by atoms with Crippen molar-refractivity contribution < 1.29 is 9.18 Å². The van der Waals surface area contributed by atoms with E-state index >= 15 is 0 Å². The number of halogens is 1. The van der Waals surface area contributed by atoms with Gasteiger partial charge in [-0.25, -0.2) is 19.3 Å². The molecule has 0 radical (unpaired) electrons. The number of nitrogens with zero attached hydrogens (tertiary/aromatic N) is 3. The number of fused-ring (bicyclic) bond motifs is 2. The largest absolute Gasteiger partial charge is 0.398 e. The molecule has 1 aromatic carbocycles. The van der Waals surface area contributed by atoms with Crippen LogP contribution in [0.1, 0.15) is 12.1 Å². The van der Waals surface area contributed by atoms with Gasteiger partial charge in [0.25, 0.3) is 0 Å². The molecule has 1 aliphatic rings.